The van der Waals surface area contributed by atoms with Gasteiger partial charge in [-0.25, -0.2) is 0 Å². The Morgan fingerprint density at radius 3 is 1.36 bits per heavy atom. The minimum absolute atomic E-state index is 0. The monoisotopic (exact) mass is 697 g/mol. The molecule has 0 N–H and O–H groups in total. The van der Waals surface area contributed by atoms with Crippen LogP contribution < -0.4 is 0 Å². The first-order chi connectivity index (χ1) is 22.0. The summed E-state index contributed by atoms with van der Waals surface area (Å²) in [5, 5.41) is 4.76. The zero-order valence-electron chi connectivity index (χ0n) is 29.2. The van der Waals surface area contributed by atoms with Gasteiger partial charge in [0.1, 0.15) is 0 Å². The number of hydrogen-bond donors (Lipinski definition) is 0. The molecule has 0 aliphatic heterocycles. The second-order valence-electron chi connectivity index (χ2n) is 12.0. The molecule has 0 radical (unpaired) electrons. The summed E-state index contributed by atoms with van der Waals surface area (Å²) in [5.41, 5.74) is 11.8. The molecule has 0 bridgehead atoms. The van der Waals surface area contributed by atoms with Gasteiger partial charge < -0.3 is 14.9 Å². The standard InChI is InChI=1S/C22H28N3.3C7H7.Zr/c1-13(2)23-22-24-21-18(9-8-10-19(21)25(22)14(3)4)20-16(6)11-15(5)12-17(20)7;3*1-7-5-3-2-4-6-7;/h8-14H,1-7H3;3*2-6H,1H2;/q4*-1;+4. The van der Waals surface area contributed by atoms with Crippen LogP contribution in [0.1, 0.15) is 67.1 Å². The van der Waals surface area contributed by atoms with Crippen molar-refractivity contribution in [3.05, 3.63) is 181 Å². The third kappa shape index (κ3) is 12.2. The molecular weight excluding hydrogens is 650 g/mol. The quantitative estimate of drug-likeness (QED) is 0.169. The number of nitrogens with zero attached hydrogens (tertiary/aromatic N) is 3. The van der Waals surface area contributed by atoms with Crippen molar-refractivity contribution in [2.75, 3.05) is 0 Å². The van der Waals surface area contributed by atoms with E-state index in [1.165, 1.54) is 27.8 Å². The van der Waals surface area contributed by atoms with E-state index in [-0.39, 0.29) is 32.2 Å². The van der Waals surface area contributed by atoms with Gasteiger partial charge in [-0.3, -0.25) is 0 Å². The van der Waals surface area contributed by atoms with Crippen LogP contribution in [0.15, 0.2) is 121 Å². The Morgan fingerprint density at radius 1 is 0.596 bits per heavy atom. The van der Waals surface area contributed by atoms with Crippen LogP contribution in [0.3, 0.4) is 0 Å². The van der Waals surface area contributed by atoms with E-state index in [4.69, 9.17) is 10.3 Å². The van der Waals surface area contributed by atoms with Crippen LogP contribution in [-0.4, -0.2) is 15.6 Å². The first-order valence-corrected chi connectivity index (χ1v) is 15.9. The maximum atomic E-state index is 4.95. The number of rotatable bonds is 4. The number of benzene rings is 5. The van der Waals surface area contributed by atoms with Crippen molar-refractivity contribution in [3.8, 4) is 11.1 Å². The van der Waals surface area contributed by atoms with Crippen LogP contribution in [0.4, 0.5) is 5.95 Å². The molecule has 0 aliphatic carbocycles. The van der Waals surface area contributed by atoms with Crippen LogP contribution in [0, 0.1) is 41.5 Å². The van der Waals surface area contributed by atoms with Gasteiger partial charge in [0, 0.05) is 11.5 Å². The van der Waals surface area contributed by atoms with E-state index in [1.54, 1.807) is 0 Å². The molecule has 0 unspecified atom stereocenters. The fourth-order valence-corrected chi connectivity index (χ4v) is 5.18. The topological polar surface area (TPSA) is 31.9 Å². The maximum absolute atomic E-state index is 4.95. The van der Waals surface area contributed by atoms with Crippen LogP contribution in [0.25, 0.3) is 27.5 Å². The van der Waals surface area contributed by atoms with Crippen molar-refractivity contribution in [2.45, 2.75) is 60.5 Å². The molecule has 0 amide bonds. The first-order valence-electron chi connectivity index (χ1n) is 15.9. The Balaban J connectivity index is 0.000000280. The normalized spacial score (nSPS) is 10.1. The Bertz CT molecular complexity index is 1640. The molecule has 0 spiro atoms. The summed E-state index contributed by atoms with van der Waals surface area (Å²) in [6.45, 7) is 26.3. The van der Waals surface area contributed by atoms with Gasteiger partial charge in [0.2, 0.25) is 0 Å². The number of para-hydroxylation sites is 1. The predicted molar refractivity (Wildman–Crippen MR) is 201 cm³/mol. The molecule has 6 rings (SSSR count). The van der Waals surface area contributed by atoms with Crippen molar-refractivity contribution in [1.29, 1.82) is 0 Å². The SMILES string of the molecule is Cc1cc(C)c(-c2cccc3c2nc([N-]C(C)C)n3C(C)C)c(C)c1.[CH2-]c1ccccc1.[CH2-]c1ccccc1.[CH2-]c1ccccc1.[Zr+4]. The molecule has 1 aromatic heterocycles. The molecule has 0 saturated carbocycles. The molecule has 0 saturated heterocycles. The molecule has 47 heavy (non-hydrogen) atoms. The van der Waals surface area contributed by atoms with Crippen molar-refractivity contribution >= 4 is 17.0 Å². The minimum atomic E-state index is 0. The summed E-state index contributed by atoms with van der Waals surface area (Å²) in [4.78, 5) is 4.95. The molecule has 0 fully saturated rings. The Hall–Kier alpha value is -4.14. The van der Waals surface area contributed by atoms with Gasteiger partial charge in [0.25, 0.3) is 0 Å². The summed E-state index contributed by atoms with van der Waals surface area (Å²) >= 11 is 0. The summed E-state index contributed by atoms with van der Waals surface area (Å²) in [7, 11) is 0. The summed E-state index contributed by atoms with van der Waals surface area (Å²) in [5.74, 6) is 0.829. The molecular formula is C43H49N3Zr. The number of aryl methyl sites for hydroxylation is 3. The van der Waals surface area contributed by atoms with Crippen molar-refractivity contribution in [2.24, 2.45) is 0 Å². The predicted octanol–water partition coefficient (Wildman–Crippen LogP) is 12.2. The summed E-state index contributed by atoms with van der Waals surface area (Å²) < 4.78 is 2.25. The van der Waals surface area contributed by atoms with E-state index < -0.39 is 0 Å². The molecule has 0 aliphatic rings. The molecule has 0 atom stereocenters. The molecule has 240 valence electrons. The van der Waals surface area contributed by atoms with Crippen LogP contribution in [0.2, 0.25) is 0 Å². The zero-order chi connectivity index (χ0) is 33.6. The zero-order valence-corrected chi connectivity index (χ0v) is 31.6. The number of hydrogen-bond acceptors (Lipinski definition) is 1. The van der Waals surface area contributed by atoms with Crippen LogP contribution >= 0.6 is 0 Å². The molecule has 4 heteroatoms. The van der Waals surface area contributed by atoms with Crippen LogP contribution in [0.5, 0.6) is 0 Å². The van der Waals surface area contributed by atoms with E-state index >= 15 is 0 Å². The molecule has 1 heterocycles. The van der Waals surface area contributed by atoms with Crippen molar-refractivity contribution < 1.29 is 26.2 Å². The fraction of sp³-hybridized carbons (Fsp3) is 0.209. The minimum Gasteiger partial charge on any atom is -0.394 e. The second kappa shape index (κ2) is 19.5. The molecule has 3 nitrogen and oxygen atoms in total. The van der Waals surface area contributed by atoms with Crippen molar-refractivity contribution in [1.82, 2.24) is 9.55 Å². The van der Waals surface area contributed by atoms with E-state index in [9.17, 15) is 0 Å². The maximum Gasteiger partial charge on any atom is 4.00 e. The number of imidazole rings is 1. The van der Waals surface area contributed by atoms with Gasteiger partial charge in [0.05, 0.1) is 0 Å². The van der Waals surface area contributed by atoms with Crippen LogP contribution in [-0.2, 0) is 26.2 Å². The smallest absolute Gasteiger partial charge is 0.394 e. The first kappa shape index (κ1) is 39.0. The molecule has 5 aromatic carbocycles. The largest absolute Gasteiger partial charge is 4.00 e. The summed E-state index contributed by atoms with van der Waals surface area (Å²) in [6.07, 6.45) is 0. The molecule has 6 aromatic rings. The van der Waals surface area contributed by atoms with Gasteiger partial charge in [-0.2, -0.15) is 73.9 Å². The Labute approximate surface area is 303 Å². The van der Waals surface area contributed by atoms with Crippen molar-refractivity contribution in [3.63, 3.8) is 0 Å². The van der Waals surface area contributed by atoms with Gasteiger partial charge in [-0.15, -0.1) is 36.4 Å². The summed E-state index contributed by atoms with van der Waals surface area (Å²) in [6, 6.07) is 41.1. The second-order valence-corrected chi connectivity index (χ2v) is 12.0. The third-order valence-electron chi connectivity index (χ3n) is 7.07. The Kier molecular flexibility index (Phi) is 16.2. The number of aromatic nitrogens is 2. The van der Waals surface area contributed by atoms with Gasteiger partial charge in [0.15, 0.2) is 0 Å². The fourth-order valence-electron chi connectivity index (χ4n) is 5.18. The third-order valence-corrected chi connectivity index (χ3v) is 7.07. The van der Waals surface area contributed by atoms with E-state index in [2.05, 4.69) is 104 Å². The van der Waals surface area contributed by atoms with E-state index in [0.717, 1.165) is 33.7 Å². The van der Waals surface area contributed by atoms with Gasteiger partial charge in [-0.1, -0.05) is 81.8 Å². The van der Waals surface area contributed by atoms with Gasteiger partial charge >= 0.3 is 26.2 Å². The van der Waals surface area contributed by atoms with E-state index in [1.807, 2.05) is 91.0 Å². The average molecular weight is 699 g/mol. The number of fused-ring (bicyclic) bond motifs is 1. The van der Waals surface area contributed by atoms with Gasteiger partial charge in [-0.05, 0) is 60.6 Å². The average Bonchev–Trinajstić information content (AvgIpc) is 3.37. The van der Waals surface area contributed by atoms with E-state index in [0.29, 0.717) is 6.04 Å². The Morgan fingerprint density at radius 2 is 1.02 bits per heavy atom.